The van der Waals surface area contributed by atoms with Gasteiger partial charge in [-0.25, -0.2) is 13.2 Å². The zero-order valence-corrected chi connectivity index (χ0v) is 15.1. The number of hydrogen-bond acceptors (Lipinski definition) is 2. The predicted molar refractivity (Wildman–Crippen MR) is 101 cm³/mol. The van der Waals surface area contributed by atoms with E-state index in [0.717, 1.165) is 41.8 Å². The summed E-state index contributed by atoms with van der Waals surface area (Å²) in [7, 11) is 0. The summed E-state index contributed by atoms with van der Waals surface area (Å²) in [6.45, 7) is 1.19. The minimum absolute atomic E-state index is 0.216. The molecule has 3 rings (SSSR count). The van der Waals surface area contributed by atoms with E-state index in [9.17, 15) is 13.2 Å². The Bertz CT molecular complexity index is 779. The van der Waals surface area contributed by atoms with Gasteiger partial charge in [-0.1, -0.05) is 24.3 Å². The van der Waals surface area contributed by atoms with E-state index >= 15 is 0 Å². The molecule has 1 nitrogen and oxygen atoms in total. The van der Waals surface area contributed by atoms with E-state index < -0.39 is 11.6 Å². The first-order valence-electron chi connectivity index (χ1n) is 8.54. The van der Waals surface area contributed by atoms with Crippen LogP contribution in [-0.2, 0) is 13.0 Å². The average molecular weight is 375 g/mol. The SMILES string of the molecule is Fc1ccc(CCCSC2=CC=CCN2Cc2cc(F)cc(F)c2)cc1. The molecule has 136 valence electrons. The third-order valence-electron chi connectivity index (χ3n) is 4.08. The van der Waals surface area contributed by atoms with Crippen molar-refractivity contribution in [2.75, 3.05) is 12.3 Å². The standard InChI is InChI=1S/C21H20F3NS/c22-18-8-6-16(7-9-18)4-3-11-26-21-5-1-2-10-25(21)15-17-12-19(23)14-20(24)13-17/h1-2,5-9,12-14H,3-4,10-11,15H2. The maximum atomic E-state index is 13.4. The lowest BCUT2D eigenvalue weighted by molar-refractivity contribution is 0.393. The van der Waals surface area contributed by atoms with Crippen LogP contribution >= 0.6 is 11.8 Å². The maximum Gasteiger partial charge on any atom is 0.126 e. The molecule has 1 aliphatic heterocycles. The van der Waals surface area contributed by atoms with Crippen molar-refractivity contribution in [3.05, 3.63) is 94.3 Å². The Labute approximate surface area is 156 Å². The Kier molecular flexibility index (Phi) is 6.45. The molecule has 0 aromatic heterocycles. The molecule has 0 N–H and O–H groups in total. The summed E-state index contributed by atoms with van der Waals surface area (Å²) in [6, 6.07) is 10.2. The van der Waals surface area contributed by atoms with Gasteiger partial charge in [-0.05, 0) is 60.1 Å². The molecule has 1 aliphatic rings. The minimum Gasteiger partial charge on any atom is -0.358 e. The van der Waals surface area contributed by atoms with Gasteiger partial charge in [0.15, 0.2) is 0 Å². The highest BCUT2D eigenvalue weighted by Crippen LogP contribution is 2.26. The molecule has 0 unspecified atom stereocenters. The van der Waals surface area contributed by atoms with E-state index in [0.29, 0.717) is 12.1 Å². The van der Waals surface area contributed by atoms with Gasteiger partial charge in [-0.3, -0.25) is 0 Å². The van der Waals surface area contributed by atoms with E-state index in [4.69, 9.17) is 0 Å². The molecule has 0 aliphatic carbocycles. The van der Waals surface area contributed by atoms with Crippen molar-refractivity contribution in [2.45, 2.75) is 19.4 Å². The fourth-order valence-electron chi connectivity index (χ4n) is 2.84. The van der Waals surface area contributed by atoms with E-state index in [1.165, 1.54) is 24.3 Å². The first-order valence-corrected chi connectivity index (χ1v) is 9.53. The van der Waals surface area contributed by atoms with Crippen LogP contribution in [0.25, 0.3) is 0 Å². The normalized spacial score (nSPS) is 13.8. The predicted octanol–water partition coefficient (Wildman–Crippen LogP) is 5.68. The van der Waals surface area contributed by atoms with Gasteiger partial charge in [0.05, 0.1) is 5.03 Å². The number of allylic oxidation sites excluding steroid dienone is 2. The van der Waals surface area contributed by atoms with Crippen molar-refractivity contribution in [3.8, 4) is 0 Å². The quantitative estimate of drug-likeness (QED) is 0.573. The Morgan fingerprint density at radius 2 is 1.62 bits per heavy atom. The summed E-state index contributed by atoms with van der Waals surface area (Å²) in [4.78, 5) is 2.11. The Balaban J connectivity index is 1.52. The zero-order chi connectivity index (χ0) is 18.4. The number of hydrogen-bond donors (Lipinski definition) is 0. The molecule has 2 aromatic rings. The molecule has 0 spiro atoms. The Morgan fingerprint density at radius 1 is 0.885 bits per heavy atom. The number of aryl methyl sites for hydroxylation is 1. The number of halogens is 3. The van der Waals surface area contributed by atoms with Crippen LogP contribution < -0.4 is 0 Å². The lowest BCUT2D eigenvalue weighted by Gasteiger charge is -2.28. The smallest absolute Gasteiger partial charge is 0.126 e. The van der Waals surface area contributed by atoms with Crippen molar-refractivity contribution in [2.24, 2.45) is 0 Å². The minimum atomic E-state index is -0.551. The molecule has 26 heavy (non-hydrogen) atoms. The molecule has 0 fully saturated rings. The molecule has 0 bridgehead atoms. The molecular weight excluding hydrogens is 355 g/mol. The van der Waals surface area contributed by atoms with Gasteiger partial charge < -0.3 is 4.90 Å². The van der Waals surface area contributed by atoms with Gasteiger partial charge >= 0.3 is 0 Å². The number of benzene rings is 2. The van der Waals surface area contributed by atoms with E-state index in [2.05, 4.69) is 4.90 Å². The molecule has 2 aromatic carbocycles. The molecular formula is C21H20F3NS. The summed E-state index contributed by atoms with van der Waals surface area (Å²) in [5.41, 5.74) is 1.74. The van der Waals surface area contributed by atoms with Gasteiger partial charge in [0.25, 0.3) is 0 Å². The fraction of sp³-hybridized carbons (Fsp3) is 0.238. The van der Waals surface area contributed by atoms with Gasteiger partial charge in [-0.15, -0.1) is 11.8 Å². The molecule has 0 saturated heterocycles. The van der Waals surface area contributed by atoms with E-state index in [-0.39, 0.29) is 5.82 Å². The van der Waals surface area contributed by atoms with Crippen LogP contribution in [0.4, 0.5) is 13.2 Å². The average Bonchev–Trinajstić information content (AvgIpc) is 2.61. The van der Waals surface area contributed by atoms with Crippen LogP contribution in [0.5, 0.6) is 0 Å². The highest BCUT2D eigenvalue weighted by molar-refractivity contribution is 8.03. The van der Waals surface area contributed by atoms with Crippen molar-refractivity contribution in [3.63, 3.8) is 0 Å². The lowest BCUT2D eigenvalue weighted by Crippen LogP contribution is -2.23. The Morgan fingerprint density at radius 3 is 2.35 bits per heavy atom. The summed E-state index contributed by atoms with van der Waals surface area (Å²) < 4.78 is 39.7. The van der Waals surface area contributed by atoms with Crippen LogP contribution in [0.1, 0.15) is 17.5 Å². The zero-order valence-electron chi connectivity index (χ0n) is 14.3. The lowest BCUT2D eigenvalue weighted by atomic mass is 10.1. The molecule has 0 amide bonds. The largest absolute Gasteiger partial charge is 0.358 e. The highest BCUT2D eigenvalue weighted by Gasteiger charge is 2.13. The Hall–Kier alpha value is -2.14. The van der Waals surface area contributed by atoms with Crippen molar-refractivity contribution >= 4 is 11.8 Å². The molecule has 1 heterocycles. The second-order valence-electron chi connectivity index (χ2n) is 6.17. The fourth-order valence-corrected chi connectivity index (χ4v) is 3.84. The summed E-state index contributed by atoms with van der Waals surface area (Å²) >= 11 is 1.73. The highest BCUT2D eigenvalue weighted by atomic mass is 32.2. The van der Waals surface area contributed by atoms with Gasteiger partial charge in [0.1, 0.15) is 17.5 Å². The molecule has 5 heteroatoms. The van der Waals surface area contributed by atoms with Crippen LogP contribution in [0.15, 0.2) is 65.7 Å². The molecule has 0 atom stereocenters. The van der Waals surface area contributed by atoms with E-state index in [1.54, 1.807) is 11.8 Å². The maximum absolute atomic E-state index is 13.4. The second kappa shape index (κ2) is 8.99. The van der Waals surface area contributed by atoms with Gasteiger partial charge in [0, 0.05) is 19.2 Å². The van der Waals surface area contributed by atoms with E-state index in [1.807, 2.05) is 30.4 Å². The van der Waals surface area contributed by atoms with Crippen molar-refractivity contribution in [1.82, 2.24) is 4.90 Å². The van der Waals surface area contributed by atoms with Crippen molar-refractivity contribution < 1.29 is 13.2 Å². The van der Waals surface area contributed by atoms with Crippen LogP contribution in [0.2, 0.25) is 0 Å². The van der Waals surface area contributed by atoms with Crippen LogP contribution in [-0.4, -0.2) is 17.2 Å². The van der Waals surface area contributed by atoms with Crippen LogP contribution in [0.3, 0.4) is 0 Å². The molecule has 0 saturated carbocycles. The monoisotopic (exact) mass is 375 g/mol. The van der Waals surface area contributed by atoms with Crippen LogP contribution in [0, 0.1) is 17.5 Å². The van der Waals surface area contributed by atoms with Crippen molar-refractivity contribution in [1.29, 1.82) is 0 Å². The molecule has 0 radical (unpaired) electrons. The van der Waals surface area contributed by atoms with Gasteiger partial charge in [-0.2, -0.15) is 0 Å². The topological polar surface area (TPSA) is 3.24 Å². The third-order valence-corrected chi connectivity index (χ3v) is 5.26. The third kappa shape index (κ3) is 5.43. The van der Waals surface area contributed by atoms with Gasteiger partial charge in [0.2, 0.25) is 0 Å². The summed E-state index contributed by atoms with van der Waals surface area (Å²) in [5, 5.41) is 1.09. The summed E-state index contributed by atoms with van der Waals surface area (Å²) in [6.07, 6.45) is 7.93. The second-order valence-corrected chi connectivity index (χ2v) is 7.28. The summed E-state index contributed by atoms with van der Waals surface area (Å²) in [5.74, 6) is -0.396. The number of thioether (sulfide) groups is 1. The number of rotatable bonds is 7. The number of nitrogens with zero attached hydrogens (tertiary/aromatic N) is 1. The first kappa shape index (κ1) is 18.6. The first-order chi connectivity index (χ1) is 12.6.